The SMILES string of the molecule is Cc1ccc(C)c(N2CCN(C(=O)C(C)(C)C)CC2)c1. The molecule has 1 aromatic rings. The normalized spacial score (nSPS) is 16.4. The molecule has 0 radical (unpaired) electrons. The highest BCUT2D eigenvalue weighted by atomic mass is 16.2. The van der Waals surface area contributed by atoms with Gasteiger partial charge in [-0.25, -0.2) is 0 Å². The standard InChI is InChI=1S/C17H26N2O/c1-13-6-7-14(2)15(12-13)18-8-10-19(11-9-18)16(20)17(3,4)5/h6-7,12H,8-11H2,1-5H3. The zero-order valence-electron chi connectivity index (χ0n) is 13.4. The van der Waals surface area contributed by atoms with E-state index in [1.807, 2.05) is 25.7 Å². The first-order chi connectivity index (χ1) is 9.29. The van der Waals surface area contributed by atoms with Crippen molar-refractivity contribution in [3.05, 3.63) is 29.3 Å². The molecule has 20 heavy (non-hydrogen) atoms. The molecule has 0 N–H and O–H groups in total. The Morgan fingerprint density at radius 2 is 1.65 bits per heavy atom. The van der Waals surface area contributed by atoms with Gasteiger partial charge in [-0.15, -0.1) is 0 Å². The van der Waals surface area contributed by atoms with E-state index in [0.29, 0.717) is 0 Å². The summed E-state index contributed by atoms with van der Waals surface area (Å²) in [5, 5.41) is 0. The number of piperazine rings is 1. The number of carbonyl (C=O) groups is 1. The molecule has 0 aliphatic carbocycles. The predicted octanol–water partition coefficient (Wildman–Crippen LogP) is 3.00. The summed E-state index contributed by atoms with van der Waals surface area (Å²) in [6.07, 6.45) is 0. The number of carbonyl (C=O) groups excluding carboxylic acids is 1. The summed E-state index contributed by atoms with van der Waals surface area (Å²) in [6.45, 7) is 13.8. The van der Waals surface area contributed by atoms with Crippen LogP contribution in [0.4, 0.5) is 5.69 Å². The van der Waals surface area contributed by atoms with Crippen LogP contribution in [0.2, 0.25) is 0 Å². The summed E-state index contributed by atoms with van der Waals surface area (Å²) in [5.74, 6) is 0.262. The number of amides is 1. The number of nitrogens with zero attached hydrogens (tertiary/aromatic N) is 2. The van der Waals surface area contributed by atoms with E-state index in [4.69, 9.17) is 0 Å². The second-order valence-corrected chi connectivity index (χ2v) is 6.82. The molecule has 0 saturated carbocycles. The lowest BCUT2D eigenvalue weighted by atomic mass is 9.94. The van der Waals surface area contributed by atoms with Crippen molar-refractivity contribution >= 4 is 11.6 Å². The summed E-state index contributed by atoms with van der Waals surface area (Å²) in [5.41, 5.74) is 3.64. The topological polar surface area (TPSA) is 23.6 Å². The van der Waals surface area contributed by atoms with Gasteiger partial charge in [0.05, 0.1) is 0 Å². The minimum absolute atomic E-state index is 0.262. The van der Waals surface area contributed by atoms with Crippen LogP contribution in [0.3, 0.4) is 0 Å². The molecule has 1 aliphatic heterocycles. The smallest absolute Gasteiger partial charge is 0.228 e. The third-order valence-corrected chi connectivity index (χ3v) is 3.91. The largest absolute Gasteiger partial charge is 0.368 e. The zero-order chi connectivity index (χ0) is 14.9. The van der Waals surface area contributed by atoms with Crippen molar-refractivity contribution in [3.8, 4) is 0 Å². The molecule has 1 aliphatic rings. The minimum Gasteiger partial charge on any atom is -0.368 e. The molecular formula is C17H26N2O. The maximum absolute atomic E-state index is 12.3. The Balaban J connectivity index is 2.05. The van der Waals surface area contributed by atoms with Crippen molar-refractivity contribution < 1.29 is 4.79 Å². The quantitative estimate of drug-likeness (QED) is 0.786. The highest BCUT2D eigenvalue weighted by molar-refractivity contribution is 5.81. The third kappa shape index (κ3) is 3.14. The molecule has 0 spiro atoms. The molecule has 0 aromatic heterocycles. The van der Waals surface area contributed by atoms with Gasteiger partial charge in [-0.3, -0.25) is 4.79 Å². The summed E-state index contributed by atoms with van der Waals surface area (Å²) in [6, 6.07) is 6.58. The van der Waals surface area contributed by atoms with Gasteiger partial charge in [-0.1, -0.05) is 32.9 Å². The fourth-order valence-corrected chi connectivity index (χ4v) is 2.68. The van der Waals surface area contributed by atoms with Gasteiger partial charge in [0.25, 0.3) is 0 Å². The molecule has 0 unspecified atom stereocenters. The second-order valence-electron chi connectivity index (χ2n) is 6.82. The van der Waals surface area contributed by atoms with Gasteiger partial charge in [-0.05, 0) is 31.0 Å². The van der Waals surface area contributed by atoms with Crippen molar-refractivity contribution in [2.45, 2.75) is 34.6 Å². The van der Waals surface area contributed by atoms with Gasteiger partial charge in [0, 0.05) is 37.3 Å². The summed E-state index contributed by atoms with van der Waals surface area (Å²) in [4.78, 5) is 16.7. The van der Waals surface area contributed by atoms with Crippen LogP contribution in [0, 0.1) is 19.3 Å². The summed E-state index contributed by atoms with van der Waals surface area (Å²) < 4.78 is 0. The van der Waals surface area contributed by atoms with Crippen molar-refractivity contribution in [1.82, 2.24) is 4.90 Å². The number of hydrogen-bond donors (Lipinski definition) is 0. The van der Waals surface area contributed by atoms with Crippen LogP contribution in [-0.2, 0) is 4.79 Å². The Hall–Kier alpha value is -1.51. The number of hydrogen-bond acceptors (Lipinski definition) is 2. The van der Waals surface area contributed by atoms with Gasteiger partial charge < -0.3 is 9.80 Å². The molecule has 1 saturated heterocycles. The molecule has 1 amide bonds. The van der Waals surface area contributed by atoms with E-state index in [2.05, 4.69) is 36.9 Å². The molecule has 1 aromatic carbocycles. The summed E-state index contributed by atoms with van der Waals surface area (Å²) >= 11 is 0. The third-order valence-electron chi connectivity index (χ3n) is 3.91. The van der Waals surface area contributed by atoms with Gasteiger partial charge >= 0.3 is 0 Å². The van der Waals surface area contributed by atoms with E-state index in [0.717, 1.165) is 26.2 Å². The molecule has 3 nitrogen and oxygen atoms in total. The lowest BCUT2D eigenvalue weighted by Crippen LogP contribution is -2.51. The van der Waals surface area contributed by atoms with Gasteiger partial charge in [0.2, 0.25) is 5.91 Å². The average Bonchev–Trinajstić information content (AvgIpc) is 2.40. The molecule has 0 atom stereocenters. The minimum atomic E-state index is -0.276. The Kier molecular flexibility index (Phi) is 4.07. The predicted molar refractivity (Wildman–Crippen MR) is 84.2 cm³/mol. The van der Waals surface area contributed by atoms with E-state index >= 15 is 0 Å². The summed E-state index contributed by atoms with van der Waals surface area (Å²) in [7, 11) is 0. The van der Waals surface area contributed by atoms with Gasteiger partial charge in [0.1, 0.15) is 0 Å². The molecular weight excluding hydrogens is 248 g/mol. The van der Waals surface area contributed by atoms with Crippen LogP contribution >= 0.6 is 0 Å². The first kappa shape index (κ1) is 14.9. The van der Waals surface area contributed by atoms with Crippen molar-refractivity contribution in [1.29, 1.82) is 0 Å². The Morgan fingerprint density at radius 1 is 1.05 bits per heavy atom. The Labute approximate surface area is 122 Å². The number of rotatable bonds is 1. The van der Waals surface area contributed by atoms with Crippen LogP contribution in [0.1, 0.15) is 31.9 Å². The number of aryl methyl sites for hydroxylation is 2. The monoisotopic (exact) mass is 274 g/mol. The van der Waals surface area contributed by atoms with Crippen molar-refractivity contribution in [3.63, 3.8) is 0 Å². The van der Waals surface area contributed by atoms with Gasteiger partial charge in [0.15, 0.2) is 0 Å². The number of benzene rings is 1. The first-order valence-corrected chi connectivity index (χ1v) is 7.40. The molecule has 2 rings (SSSR count). The average molecular weight is 274 g/mol. The Bertz CT molecular complexity index is 494. The van der Waals surface area contributed by atoms with E-state index in [1.54, 1.807) is 0 Å². The highest BCUT2D eigenvalue weighted by Crippen LogP contribution is 2.24. The fraction of sp³-hybridized carbons (Fsp3) is 0.588. The fourth-order valence-electron chi connectivity index (χ4n) is 2.68. The molecule has 0 bridgehead atoms. The number of anilines is 1. The second kappa shape index (κ2) is 5.47. The Morgan fingerprint density at radius 3 is 2.20 bits per heavy atom. The van der Waals surface area contributed by atoms with E-state index in [-0.39, 0.29) is 11.3 Å². The first-order valence-electron chi connectivity index (χ1n) is 7.40. The van der Waals surface area contributed by atoms with Crippen LogP contribution in [0.25, 0.3) is 0 Å². The molecule has 1 fully saturated rings. The van der Waals surface area contributed by atoms with Crippen LogP contribution in [-0.4, -0.2) is 37.0 Å². The maximum atomic E-state index is 12.3. The van der Waals surface area contributed by atoms with Crippen molar-refractivity contribution in [2.75, 3.05) is 31.1 Å². The van der Waals surface area contributed by atoms with E-state index < -0.39 is 0 Å². The van der Waals surface area contributed by atoms with Crippen LogP contribution in [0.5, 0.6) is 0 Å². The van der Waals surface area contributed by atoms with E-state index in [9.17, 15) is 4.79 Å². The van der Waals surface area contributed by atoms with E-state index in [1.165, 1.54) is 16.8 Å². The van der Waals surface area contributed by atoms with Gasteiger partial charge in [-0.2, -0.15) is 0 Å². The molecule has 110 valence electrons. The van der Waals surface area contributed by atoms with Crippen LogP contribution in [0.15, 0.2) is 18.2 Å². The lowest BCUT2D eigenvalue weighted by molar-refractivity contribution is -0.139. The molecule has 3 heteroatoms. The van der Waals surface area contributed by atoms with Crippen molar-refractivity contribution in [2.24, 2.45) is 5.41 Å². The van der Waals surface area contributed by atoms with Crippen LogP contribution < -0.4 is 4.90 Å². The lowest BCUT2D eigenvalue weighted by Gasteiger charge is -2.39. The maximum Gasteiger partial charge on any atom is 0.228 e. The molecule has 1 heterocycles. The highest BCUT2D eigenvalue weighted by Gasteiger charge is 2.29. The zero-order valence-corrected chi connectivity index (χ0v) is 13.4.